The van der Waals surface area contributed by atoms with E-state index in [4.69, 9.17) is 10.8 Å². The average Bonchev–Trinajstić information content (AvgIpc) is 3.08. The molecule has 0 atom stereocenters. The number of H-pyrrole nitrogens is 1. The van der Waals surface area contributed by atoms with Crippen molar-refractivity contribution in [1.82, 2.24) is 19.7 Å². The molecule has 5 rings (SSSR count). The molecule has 3 heterocycles. The molecule has 5 heteroatoms. The third-order valence-electron chi connectivity index (χ3n) is 4.86. The van der Waals surface area contributed by atoms with E-state index in [1.807, 2.05) is 18.2 Å². The summed E-state index contributed by atoms with van der Waals surface area (Å²) < 4.78 is 2.14. The summed E-state index contributed by atoms with van der Waals surface area (Å²) in [5.74, 6) is 0.543. The maximum atomic E-state index is 6.18. The van der Waals surface area contributed by atoms with E-state index < -0.39 is 0 Å². The molecule has 114 valence electrons. The summed E-state index contributed by atoms with van der Waals surface area (Å²) in [6.45, 7) is 0. The van der Waals surface area contributed by atoms with Gasteiger partial charge in [0.25, 0.3) is 0 Å². The SMILES string of the molecule is Nc1nccc2c1c(-c1cc3ccccc3[nH]1)nn2C1CCC1. The maximum Gasteiger partial charge on any atom is 0.135 e. The number of aromatic amines is 1. The van der Waals surface area contributed by atoms with Gasteiger partial charge in [-0.3, -0.25) is 4.68 Å². The van der Waals surface area contributed by atoms with Gasteiger partial charge < -0.3 is 10.7 Å². The molecular weight excluding hydrogens is 286 g/mol. The highest BCUT2D eigenvalue weighted by molar-refractivity contribution is 6.01. The Morgan fingerprint density at radius 1 is 1.17 bits per heavy atom. The van der Waals surface area contributed by atoms with Crippen LogP contribution in [-0.2, 0) is 0 Å². The van der Waals surface area contributed by atoms with E-state index in [0.717, 1.165) is 27.8 Å². The lowest BCUT2D eigenvalue weighted by Crippen LogP contribution is -2.18. The summed E-state index contributed by atoms with van der Waals surface area (Å²) >= 11 is 0. The molecule has 0 saturated heterocycles. The summed E-state index contributed by atoms with van der Waals surface area (Å²) in [6, 6.07) is 12.9. The lowest BCUT2D eigenvalue weighted by molar-refractivity contribution is 0.298. The van der Waals surface area contributed by atoms with Crippen molar-refractivity contribution in [1.29, 1.82) is 0 Å². The van der Waals surface area contributed by atoms with Crippen molar-refractivity contribution in [2.24, 2.45) is 0 Å². The number of para-hydroxylation sites is 1. The Morgan fingerprint density at radius 3 is 2.83 bits per heavy atom. The molecule has 0 radical (unpaired) electrons. The van der Waals surface area contributed by atoms with Crippen molar-refractivity contribution in [3.8, 4) is 11.4 Å². The van der Waals surface area contributed by atoms with Crippen LogP contribution >= 0.6 is 0 Å². The van der Waals surface area contributed by atoms with Crippen LogP contribution in [-0.4, -0.2) is 19.7 Å². The van der Waals surface area contributed by atoms with Crippen molar-refractivity contribution in [2.75, 3.05) is 5.73 Å². The zero-order valence-electron chi connectivity index (χ0n) is 12.7. The standard InChI is InChI=1S/C18H17N5/c19-18-16-15(8-9-20-18)23(12-5-3-6-12)22-17(16)14-10-11-4-1-2-7-13(11)21-14/h1-2,4,7-10,12,21H,3,5-6H2,(H2,19,20). The van der Waals surface area contributed by atoms with E-state index in [1.54, 1.807) is 6.20 Å². The van der Waals surface area contributed by atoms with Gasteiger partial charge >= 0.3 is 0 Å². The molecule has 1 aliphatic carbocycles. The normalized spacial score (nSPS) is 15.3. The number of aromatic nitrogens is 4. The second kappa shape index (κ2) is 4.59. The Bertz CT molecular complexity index is 989. The molecule has 0 unspecified atom stereocenters. The minimum absolute atomic E-state index is 0.484. The molecule has 4 aromatic rings. The predicted molar refractivity (Wildman–Crippen MR) is 92.1 cm³/mol. The number of nitrogens with one attached hydrogen (secondary N) is 1. The summed E-state index contributed by atoms with van der Waals surface area (Å²) in [6.07, 6.45) is 5.41. The molecule has 1 aliphatic rings. The zero-order chi connectivity index (χ0) is 15.4. The largest absolute Gasteiger partial charge is 0.383 e. The van der Waals surface area contributed by atoms with Gasteiger partial charge in [0.2, 0.25) is 0 Å². The van der Waals surface area contributed by atoms with E-state index in [0.29, 0.717) is 11.9 Å². The van der Waals surface area contributed by atoms with Crippen LogP contribution in [0.15, 0.2) is 42.6 Å². The number of rotatable bonds is 2. The topological polar surface area (TPSA) is 72.5 Å². The molecule has 0 amide bonds. The molecule has 5 nitrogen and oxygen atoms in total. The number of nitrogens with zero attached hydrogens (tertiary/aromatic N) is 3. The Kier molecular flexibility index (Phi) is 2.53. The lowest BCUT2D eigenvalue weighted by atomic mass is 9.93. The van der Waals surface area contributed by atoms with E-state index in [2.05, 4.69) is 32.8 Å². The number of nitrogens with two attached hydrogens (primary N) is 1. The third kappa shape index (κ3) is 1.79. The van der Waals surface area contributed by atoms with Gasteiger partial charge in [0, 0.05) is 17.1 Å². The van der Waals surface area contributed by atoms with E-state index >= 15 is 0 Å². The molecule has 1 saturated carbocycles. The summed E-state index contributed by atoms with van der Waals surface area (Å²) in [5.41, 5.74) is 10.3. The molecule has 0 aliphatic heterocycles. The van der Waals surface area contributed by atoms with E-state index in [1.165, 1.54) is 24.6 Å². The Balaban J connectivity index is 1.80. The zero-order valence-corrected chi connectivity index (χ0v) is 12.7. The van der Waals surface area contributed by atoms with Gasteiger partial charge in [-0.2, -0.15) is 5.10 Å². The quantitative estimate of drug-likeness (QED) is 0.590. The monoisotopic (exact) mass is 303 g/mol. The Morgan fingerprint density at radius 2 is 2.04 bits per heavy atom. The van der Waals surface area contributed by atoms with Gasteiger partial charge in [-0.25, -0.2) is 4.98 Å². The molecule has 3 aromatic heterocycles. The minimum atomic E-state index is 0.484. The number of anilines is 1. The van der Waals surface area contributed by atoms with Gasteiger partial charge in [-0.15, -0.1) is 0 Å². The average molecular weight is 303 g/mol. The summed E-state index contributed by atoms with van der Waals surface area (Å²) in [4.78, 5) is 7.73. The van der Waals surface area contributed by atoms with Crippen LogP contribution in [0, 0.1) is 0 Å². The van der Waals surface area contributed by atoms with E-state index in [9.17, 15) is 0 Å². The van der Waals surface area contributed by atoms with Crippen LogP contribution in [0.5, 0.6) is 0 Å². The van der Waals surface area contributed by atoms with Gasteiger partial charge in [0.1, 0.15) is 11.5 Å². The first-order chi connectivity index (χ1) is 11.3. The fourth-order valence-corrected chi connectivity index (χ4v) is 3.41. The lowest BCUT2D eigenvalue weighted by Gasteiger charge is -2.26. The smallest absolute Gasteiger partial charge is 0.135 e. The number of benzene rings is 1. The van der Waals surface area contributed by atoms with Crippen molar-refractivity contribution in [3.63, 3.8) is 0 Å². The summed E-state index contributed by atoms with van der Waals surface area (Å²) in [7, 11) is 0. The van der Waals surface area contributed by atoms with Gasteiger partial charge in [-0.1, -0.05) is 18.2 Å². The highest BCUT2D eigenvalue weighted by Crippen LogP contribution is 2.38. The van der Waals surface area contributed by atoms with Crippen molar-refractivity contribution in [2.45, 2.75) is 25.3 Å². The molecule has 0 spiro atoms. The number of hydrogen-bond acceptors (Lipinski definition) is 3. The Hall–Kier alpha value is -2.82. The van der Waals surface area contributed by atoms with Crippen molar-refractivity contribution < 1.29 is 0 Å². The Labute approximate surface area is 133 Å². The first-order valence-electron chi connectivity index (χ1n) is 8.02. The highest BCUT2D eigenvalue weighted by atomic mass is 15.3. The first-order valence-corrected chi connectivity index (χ1v) is 8.02. The summed E-state index contributed by atoms with van der Waals surface area (Å²) in [5, 5.41) is 7.03. The van der Waals surface area contributed by atoms with Crippen LogP contribution in [0.2, 0.25) is 0 Å². The second-order valence-corrected chi connectivity index (χ2v) is 6.24. The number of fused-ring (bicyclic) bond motifs is 2. The first kappa shape index (κ1) is 12.7. The molecule has 1 aromatic carbocycles. The fraction of sp³-hybridized carbons (Fsp3) is 0.222. The highest BCUT2D eigenvalue weighted by Gasteiger charge is 2.25. The van der Waals surface area contributed by atoms with Crippen LogP contribution in [0.25, 0.3) is 33.2 Å². The van der Waals surface area contributed by atoms with Crippen LogP contribution in [0.4, 0.5) is 5.82 Å². The van der Waals surface area contributed by atoms with Gasteiger partial charge in [0.15, 0.2) is 0 Å². The van der Waals surface area contributed by atoms with Gasteiger partial charge in [-0.05, 0) is 37.5 Å². The minimum Gasteiger partial charge on any atom is -0.383 e. The van der Waals surface area contributed by atoms with Crippen molar-refractivity contribution in [3.05, 3.63) is 42.6 Å². The van der Waals surface area contributed by atoms with Crippen LogP contribution in [0.3, 0.4) is 0 Å². The number of nitrogen functional groups attached to an aromatic ring is 1. The fourth-order valence-electron chi connectivity index (χ4n) is 3.41. The van der Waals surface area contributed by atoms with Crippen LogP contribution in [0.1, 0.15) is 25.3 Å². The molecule has 3 N–H and O–H groups in total. The number of pyridine rings is 1. The van der Waals surface area contributed by atoms with E-state index in [-0.39, 0.29) is 0 Å². The molecule has 1 fully saturated rings. The second-order valence-electron chi connectivity index (χ2n) is 6.24. The molecular formula is C18H17N5. The van der Waals surface area contributed by atoms with Crippen LogP contribution < -0.4 is 5.73 Å². The molecule has 0 bridgehead atoms. The third-order valence-corrected chi connectivity index (χ3v) is 4.86. The predicted octanol–water partition coefficient (Wildman–Crippen LogP) is 3.89. The van der Waals surface area contributed by atoms with Crippen molar-refractivity contribution >= 4 is 27.6 Å². The number of hydrogen-bond donors (Lipinski definition) is 2. The van der Waals surface area contributed by atoms with Gasteiger partial charge in [0.05, 0.1) is 22.6 Å². The molecule has 23 heavy (non-hydrogen) atoms. The maximum absolute atomic E-state index is 6.18.